The van der Waals surface area contributed by atoms with Crippen molar-refractivity contribution in [3.05, 3.63) is 59.7 Å². The molecule has 5 N–H and O–H groups in total. The first-order chi connectivity index (χ1) is 14.7. The summed E-state index contributed by atoms with van der Waals surface area (Å²) in [5, 5.41) is 23.5. The second-order valence-electron chi connectivity index (χ2n) is 7.96. The number of carbonyl (C=O) groups excluding carboxylic acids is 1. The van der Waals surface area contributed by atoms with Crippen LogP contribution in [0.5, 0.6) is 5.75 Å². The minimum absolute atomic E-state index is 0.0289. The normalized spacial score (nSPS) is 20.2. The van der Waals surface area contributed by atoms with Crippen LogP contribution in [0.1, 0.15) is 47.7 Å². The van der Waals surface area contributed by atoms with Crippen LogP contribution in [0.3, 0.4) is 0 Å². The lowest BCUT2D eigenvalue weighted by atomic mass is 9.90. The molecule has 1 fully saturated rings. The number of hydrogen-bond donors (Lipinski definition) is 4. The summed E-state index contributed by atoms with van der Waals surface area (Å²) in [6.07, 6.45) is 3.34. The van der Waals surface area contributed by atoms with Crippen molar-refractivity contribution >= 4 is 21.6 Å². The van der Waals surface area contributed by atoms with Crippen LogP contribution < -0.4 is 15.4 Å². The third kappa shape index (κ3) is 5.75. The fraction of sp³-hybridized carbons (Fsp3) is 0.409. The zero-order chi connectivity index (χ0) is 22.6. The number of nitrogens with one attached hydrogen (secondary N) is 1. The molecule has 9 heteroatoms. The van der Waals surface area contributed by atoms with E-state index < -0.39 is 22.0 Å². The fourth-order valence-corrected chi connectivity index (χ4v) is 5.37. The summed E-state index contributed by atoms with van der Waals surface area (Å²) in [4.78, 5) is 11.4. The SMILES string of the molecule is CS(=O)(=O)N(c1ccccc1)C1CCC(NCC(O)c2ccc(O)c(C(N)=O)c2)CC1. The minimum atomic E-state index is -3.40. The van der Waals surface area contributed by atoms with Crippen LogP contribution in [0.15, 0.2) is 48.5 Å². The molecular formula is C22H29N3O5S. The van der Waals surface area contributed by atoms with Gasteiger partial charge in [0, 0.05) is 18.6 Å². The zero-order valence-corrected chi connectivity index (χ0v) is 18.3. The highest BCUT2D eigenvalue weighted by Gasteiger charge is 2.31. The standard InChI is InChI=1S/C22H29N3O5S/c1-31(29,30)25(17-5-3-2-4-6-17)18-10-8-16(9-11-18)24-14-21(27)15-7-12-20(26)19(13-15)22(23)28/h2-7,12-13,16,18,21,24,26-27H,8-11,14H2,1H3,(H2,23,28). The summed E-state index contributed by atoms with van der Waals surface area (Å²) in [5.74, 6) is -0.977. The molecule has 1 aliphatic carbocycles. The van der Waals surface area contributed by atoms with E-state index in [0.717, 1.165) is 12.8 Å². The first-order valence-electron chi connectivity index (χ1n) is 10.3. The molecule has 2 aromatic carbocycles. The van der Waals surface area contributed by atoms with E-state index in [1.165, 1.54) is 22.7 Å². The number of hydrogen-bond acceptors (Lipinski definition) is 6. The summed E-state index contributed by atoms with van der Waals surface area (Å²) in [6.45, 7) is 0.271. The van der Waals surface area contributed by atoms with Crippen LogP contribution in [0.25, 0.3) is 0 Å². The number of sulfonamides is 1. The summed E-state index contributed by atoms with van der Waals surface area (Å²) >= 11 is 0. The first kappa shape index (κ1) is 23.1. The highest BCUT2D eigenvalue weighted by molar-refractivity contribution is 7.92. The molecule has 0 aromatic heterocycles. The van der Waals surface area contributed by atoms with Crippen LogP contribution in [0, 0.1) is 0 Å². The quantitative estimate of drug-likeness (QED) is 0.488. The van der Waals surface area contributed by atoms with Crippen molar-refractivity contribution in [1.82, 2.24) is 5.32 Å². The van der Waals surface area contributed by atoms with Crippen LogP contribution in [-0.2, 0) is 10.0 Å². The predicted octanol–water partition coefficient (Wildman–Crippen LogP) is 1.89. The van der Waals surface area contributed by atoms with Gasteiger partial charge in [0.1, 0.15) is 5.75 Å². The molecule has 3 rings (SSSR count). The molecular weight excluding hydrogens is 418 g/mol. The van der Waals surface area contributed by atoms with E-state index in [1.54, 1.807) is 18.2 Å². The van der Waals surface area contributed by atoms with Gasteiger partial charge in [0.15, 0.2) is 0 Å². The summed E-state index contributed by atoms with van der Waals surface area (Å²) in [6, 6.07) is 13.5. The number of anilines is 1. The number of phenols is 1. The fourth-order valence-electron chi connectivity index (χ4n) is 4.12. The van der Waals surface area contributed by atoms with Gasteiger partial charge >= 0.3 is 0 Å². The molecule has 0 bridgehead atoms. The monoisotopic (exact) mass is 447 g/mol. The van der Waals surface area contributed by atoms with Gasteiger partial charge in [0.25, 0.3) is 5.91 Å². The van der Waals surface area contributed by atoms with Crippen molar-refractivity contribution in [2.45, 2.75) is 43.9 Å². The number of para-hydroxylation sites is 1. The van der Waals surface area contributed by atoms with Crippen molar-refractivity contribution in [1.29, 1.82) is 0 Å². The number of carbonyl (C=O) groups is 1. The Balaban J connectivity index is 1.58. The molecule has 2 aromatic rings. The average molecular weight is 448 g/mol. The molecule has 0 heterocycles. The van der Waals surface area contributed by atoms with Gasteiger partial charge in [0.2, 0.25) is 10.0 Å². The van der Waals surface area contributed by atoms with Gasteiger partial charge in [-0.2, -0.15) is 0 Å². The van der Waals surface area contributed by atoms with E-state index in [2.05, 4.69) is 5.32 Å². The Morgan fingerprint density at radius 2 is 1.81 bits per heavy atom. The molecule has 1 amide bonds. The average Bonchev–Trinajstić information content (AvgIpc) is 2.73. The maximum atomic E-state index is 12.4. The van der Waals surface area contributed by atoms with Crippen molar-refractivity contribution < 1.29 is 23.4 Å². The number of aromatic hydroxyl groups is 1. The molecule has 1 aliphatic rings. The molecule has 0 spiro atoms. The van der Waals surface area contributed by atoms with E-state index in [1.807, 2.05) is 18.2 Å². The highest BCUT2D eigenvalue weighted by atomic mass is 32.2. The molecule has 1 unspecified atom stereocenters. The molecule has 0 saturated heterocycles. The number of nitrogens with zero attached hydrogens (tertiary/aromatic N) is 1. The predicted molar refractivity (Wildman–Crippen MR) is 119 cm³/mol. The Bertz CT molecular complexity index is 1010. The van der Waals surface area contributed by atoms with Crippen molar-refractivity contribution in [3.63, 3.8) is 0 Å². The molecule has 31 heavy (non-hydrogen) atoms. The van der Waals surface area contributed by atoms with Gasteiger partial charge < -0.3 is 21.3 Å². The third-order valence-electron chi connectivity index (χ3n) is 5.67. The number of nitrogens with two attached hydrogens (primary N) is 1. The van der Waals surface area contributed by atoms with Gasteiger partial charge in [-0.3, -0.25) is 9.10 Å². The van der Waals surface area contributed by atoms with Crippen molar-refractivity contribution in [2.75, 3.05) is 17.1 Å². The first-order valence-corrected chi connectivity index (χ1v) is 12.1. The lowest BCUT2D eigenvalue weighted by Crippen LogP contribution is -2.45. The van der Waals surface area contributed by atoms with Crippen molar-refractivity contribution in [2.24, 2.45) is 5.73 Å². The Kier molecular flexibility index (Phi) is 7.19. The topological polar surface area (TPSA) is 133 Å². The molecule has 1 saturated carbocycles. The Labute approximate surface area is 182 Å². The number of aliphatic hydroxyl groups is 1. The number of amides is 1. The highest BCUT2D eigenvalue weighted by Crippen LogP contribution is 2.30. The molecule has 8 nitrogen and oxygen atoms in total. The van der Waals surface area contributed by atoms with Gasteiger partial charge in [0.05, 0.1) is 23.6 Å². The van der Waals surface area contributed by atoms with E-state index in [9.17, 15) is 23.4 Å². The van der Waals surface area contributed by atoms with Gasteiger partial charge in [-0.05, 0) is 55.5 Å². The summed E-state index contributed by atoms with van der Waals surface area (Å²) in [5.41, 5.74) is 6.37. The maximum absolute atomic E-state index is 12.4. The molecule has 0 aliphatic heterocycles. The summed E-state index contributed by atoms with van der Waals surface area (Å²) in [7, 11) is -3.40. The Morgan fingerprint density at radius 3 is 2.39 bits per heavy atom. The second kappa shape index (κ2) is 9.67. The van der Waals surface area contributed by atoms with Crippen LogP contribution >= 0.6 is 0 Å². The number of rotatable bonds is 8. The molecule has 1 atom stereocenters. The van der Waals surface area contributed by atoms with Gasteiger partial charge in [-0.15, -0.1) is 0 Å². The maximum Gasteiger partial charge on any atom is 0.252 e. The van der Waals surface area contributed by atoms with E-state index in [4.69, 9.17) is 5.73 Å². The second-order valence-corrected chi connectivity index (χ2v) is 9.82. The third-order valence-corrected chi connectivity index (χ3v) is 6.89. The van der Waals surface area contributed by atoms with Crippen LogP contribution in [0.4, 0.5) is 5.69 Å². The smallest absolute Gasteiger partial charge is 0.252 e. The lowest BCUT2D eigenvalue weighted by Gasteiger charge is -2.37. The zero-order valence-electron chi connectivity index (χ0n) is 17.4. The molecule has 0 radical (unpaired) electrons. The van der Waals surface area contributed by atoms with E-state index in [0.29, 0.717) is 24.1 Å². The number of aliphatic hydroxyl groups excluding tert-OH is 1. The van der Waals surface area contributed by atoms with Crippen LogP contribution in [-0.4, -0.2) is 49.4 Å². The van der Waals surface area contributed by atoms with E-state index in [-0.39, 0.29) is 29.9 Å². The van der Waals surface area contributed by atoms with E-state index >= 15 is 0 Å². The Morgan fingerprint density at radius 1 is 1.16 bits per heavy atom. The van der Waals surface area contributed by atoms with Gasteiger partial charge in [-0.25, -0.2) is 8.42 Å². The summed E-state index contributed by atoms with van der Waals surface area (Å²) < 4.78 is 26.3. The minimum Gasteiger partial charge on any atom is -0.507 e. The van der Waals surface area contributed by atoms with Crippen LogP contribution in [0.2, 0.25) is 0 Å². The number of benzene rings is 2. The lowest BCUT2D eigenvalue weighted by molar-refractivity contribution is 0.0997. The largest absolute Gasteiger partial charge is 0.507 e. The Hall–Kier alpha value is -2.62. The number of primary amides is 1. The van der Waals surface area contributed by atoms with Gasteiger partial charge in [-0.1, -0.05) is 24.3 Å². The molecule has 168 valence electrons. The van der Waals surface area contributed by atoms with Crippen molar-refractivity contribution in [3.8, 4) is 5.75 Å².